The highest BCUT2D eigenvalue weighted by Crippen LogP contribution is 2.27. The first-order chi connectivity index (χ1) is 55.8. The zero-order chi connectivity index (χ0) is 101. The van der Waals surface area contributed by atoms with E-state index in [0.29, 0.717) is 109 Å². The zero-order valence-corrected chi connectivity index (χ0v) is 90.7. The minimum absolute atomic E-state index is 0.0416. The Morgan fingerprint density at radius 3 is 0.864 bits per heavy atom. The Morgan fingerprint density at radius 1 is 0.384 bits per heavy atom. The lowest BCUT2D eigenvalue weighted by molar-refractivity contribution is -0.133. The SMILES string of the molecule is C#CCN(C)C(=O)CC(C)(C)C.C=CCN(C)C(=O)CC(C)(C)C.CC(C)(C)CC(=O)NC1CCC1.CCCN(C)C(=O)CC(C)(C)C.CCN(C)C(=O)CC(C)(C)C.CCN(C)C(=O)CC(C)(C)C.CCNC(=O)CC(C)(C)C.CN(C)C(=O)CC(C)(C)C.CN1CC(NC(=O)CC(C)(C)C)C1.CNC(=O)CC(C)(C)C.COCCN(C)C(=O)CC(C)(C)C. The van der Waals surface area contributed by atoms with Crippen molar-refractivity contribution in [1.29, 1.82) is 0 Å². The molecule has 24 heteroatoms. The minimum Gasteiger partial charge on any atom is -0.383 e. The van der Waals surface area contributed by atoms with Gasteiger partial charge in [-0.05, 0) is 113 Å². The van der Waals surface area contributed by atoms with E-state index in [4.69, 9.17) is 11.2 Å². The third kappa shape index (κ3) is 108. The summed E-state index contributed by atoms with van der Waals surface area (Å²) >= 11 is 0. The number of likely N-dealkylation sites (N-methyl/N-ethyl adjacent to an activating group) is 3. The molecule has 1 saturated heterocycles. The molecule has 2 fully saturated rings. The highest BCUT2D eigenvalue weighted by molar-refractivity contribution is 5.80. The molecule has 2 aliphatic rings. The number of amides is 11. The third-order valence-corrected chi connectivity index (χ3v) is 17.0. The standard InChI is InChI=1S/C10H20N2O.C10H21NO2.C10H19NO.C10H21NO.C10H19NO.C10H17NO.2C9H19NO.2C8H17NO.C7H15NO/c1-10(2,3)5-9(13)11-8-6-12(4)7-8;1-10(2,3)8-9(12)11(4)6-7-13-5;1-10(2,3)7-9(12)11-8-5-4-6-8;3*1-6-7-11(5)9(12)8-10(2,3)4;2*1-6-10(5)8(11)7-9(2,3)4;1-8(2,3)6-7(10)9(4)5;1-5-9-7(10)6-8(2,3)4;1-7(2,3)5-6(9)8-4/h8H,5-7H2,1-4H3,(H,11,13);6-8H2,1-5H3;8H,4-7H2,1-3H3,(H,11,12);6-8H2,1-5H3;6H,1,7-8H2,2-5H3;1H,7-8H2,2-5H3;2*6-7H2,1-5H3;6H2,1-5H3;5-6H2,1-4H3,(H,9,10);5H2,1-4H3,(H,8,9). The molecule has 0 bridgehead atoms. The Morgan fingerprint density at radius 2 is 0.648 bits per heavy atom. The molecular formula is C101H204N12O12. The Labute approximate surface area is 771 Å². The van der Waals surface area contributed by atoms with Gasteiger partial charge in [-0.25, -0.2) is 0 Å². The molecule has 0 spiro atoms. The fourth-order valence-corrected chi connectivity index (χ4v) is 10.0. The molecule has 24 nitrogen and oxygen atoms in total. The molecule has 4 N–H and O–H groups in total. The lowest BCUT2D eigenvalue weighted by Gasteiger charge is -2.37. The number of hydrogen-bond acceptors (Lipinski definition) is 13. The second kappa shape index (κ2) is 66.7. The van der Waals surface area contributed by atoms with Crippen LogP contribution in [0.25, 0.3) is 0 Å². The van der Waals surface area contributed by atoms with Crippen molar-refractivity contribution in [2.75, 3.05) is 143 Å². The van der Waals surface area contributed by atoms with Crippen LogP contribution in [0.3, 0.4) is 0 Å². The summed E-state index contributed by atoms with van der Waals surface area (Å²) < 4.78 is 4.90. The average molecular weight is 1780 g/mol. The fourth-order valence-electron chi connectivity index (χ4n) is 10.0. The van der Waals surface area contributed by atoms with Gasteiger partial charge in [0.15, 0.2) is 0 Å². The molecule has 1 aliphatic carbocycles. The van der Waals surface area contributed by atoms with Crippen LogP contribution in [0.1, 0.15) is 352 Å². The van der Waals surface area contributed by atoms with Crippen LogP contribution in [0.4, 0.5) is 0 Å². The number of methoxy groups -OCH3 is 1. The van der Waals surface area contributed by atoms with Crippen molar-refractivity contribution >= 4 is 65.0 Å². The van der Waals surface area contributed by atoms with Crippen LogP contribution < -0.4 is 21.3 Å². The predicted molar refractivity (Wildman–Crippen MR) is 530 cm³/mol. The van der Waals surface area contributed by atoms with E-state index in [1.165, 1.54) is 19.3 Å². The Bertz CT molecular complexity index is 2980. The van der Waals surface area contributed by atoms with Crippen LogP contribution >= 0.6 is 0 Å². The number of nitrogens with zero attached hydrogens (tertiary/aromatic N) is 8. The van der Waals surface area contributed by atoms with Gasteiger partial charge in [-0.1, -0.05) is 247 Å². The molecule has 1 heterocycles. The molecule has 1 saturated carbocycles. The lowest BCUT2D eigenvalue weighted by Crippen LogP contribution is -2.57. The smallest absolute Gasteiger partial charge is 0.223 e. The normalized spacial score (nSPS) is 12.8. The summed E-state index contributed by atoms with van der Waals surface area (Å²) in [4.78, 5) is 138. The number of ether oxygens (including phenoxy) is 1. The number of rotatable bonds is 24. The molecule has 0 atom stereocenters. The van der Waals surface area contributed by atoms with Crippen molar-refractivity contribution in [2.24, 2.45) is 59.6 Å². The van der Waals surface area contributed by atoms with E-state index in [2.05, 4.69) is 240 Å². The number of carbonyl (C=O) groups excluding carboxylic acids is 11. The van der Waals surface area contributed by atoms with Crippen molar-refractivity contribution in [1.82, 2.24) is 60.5 Å². The number of nitrogens with one attached hydrogen (secondary N) is 4. The molecule has 740 valence electrons. The van der Waals surface area contributed by atoms with Crippen LogP contribution in [0.15, 0.2) is 12.7 Å². The highest BCUT2D eigenvalue weighted by Gasteiger charge is 2.29. The Kier molecular flexibility index (Phi) is 72.8. The van der Waals surface area contributed by atoms with E-state index in [1.807, 2.05) is 95.4 Å². The predicted octanol–water partition coefficient (Wildman–Crippen LogP) is 18.4. The molecule has 125 heavy (non-hydrogen) atoms. The highest BCUT2D eigenvalue weighted by atomic mass is 16.5. The zero-order valence-electron chi connectivity index (χ0n) is 90.7. The van der Waals surface area contributed by atoms with Gasteiger partial charge in [0.1, 0.15) is 0 Å². The van der Waals surface area contributed by atoms with Crippen molar-refractivity contribution in [3.05, 3.63) is 12.7 Å². The number of likely N-dealkylation sites (tertiary alicyclic amines) is 1. The fraction of sp³-hybridized carbons (Fsp3) is 0.851. The maximum Gasteiger partial charge on any atom is 0.223 e. The van der Waals surface area contributed by atoms with Gasteiger partial charge in [0, 0.05) is 200 Å². The van der Waals surface area contributed by atoms with Gasteiger partial charge in [0.25, 0.3) is 0 Å². The van der Waals surface area contributed by atoms with Gasteiger partial charge < -0.3 is 65.2 Å². The Hall–Kier alpha value is -6.61. The first-order valence-corrected chi connectivity index (χ1v) is 45.7. The van der Waals surface area contributed by atoms with E-state index in [0.717, 1.165) is 45.7 Å². The minimum atomic E-state index is 0.0416. The summed E-state index contributed by atoms with van der Waals surface area (Å²) in [5, 5.41) is 11.4. The molecule has 0 radical (unpaired) electrons. The van der Waals surface area contributed by atoms with Crippen LogP contribution in [0.2, 0.25) is 0 Å². The Balaban J connectivity index is -0.000000169. The van der Waals surface area contributed by atoms with Crippen molar-refractivity contribution in [3.63, 3.8) is 0 Å². The maximum atomic E-state index is 11.5. The van der Waals surface area contributed by atoms with E-state index >= 15 is 0 Å². The topological polar surface area (TPSA) is 271 Å². The molecule has 0 aromatic carbocycles. The van der Waals surface area contributed by atoms with E-state index in [9.17, 15) is 52.7 Å². The number of terminal acetylenes is 1. The quantitative estimate of drug-likeness (QED) is 0.0518. The molecule has 0 aromatic rings. The summed E-state index contributed by atoms with van der Waals surface area (Å²) in [6, 6.07) is 0.875. The second-order valence-corrected chi connectivity index (χ2v) is 47.2. The van der Waals surface area contributed by atoms with Gasteiger partial charge in [-0.2, -0.15) is 0 Å². The largest absolute Gasteiger partial charge is 0.383 e. The van der Waals surface area contributed by atoms with Gasteiger partial charge in [-0.15, -0.1) is 13.0 Å². The molecule has 2 rings (SSSR count). The summed E-state index contributed by atoms with van der Waals surface area (Å²) in [6.07, 6.45) is 18.2. The van der Waals surface area contributed by atoms with Gasteiger partial charge in [0.2, 0.25) is 65.0 Å². The first-order valence-electron chi connectivity index (χ1n) is 45.7. The van der Waals surface area contributed by atoms with Crippen molar-refractivity contribution < 1.29 is 57.5 Å². The van der Waals surface area contributed by atoms with Crippen molar-refractivity contribution in [3.8, 4) is 12.3 Å². The molecule has 11 amide bonds. The molecule has 0 unspecified atom stereocenters. The molecule has 1 aliphatic heterocycles. The second-order valence-electron chi connectivity index (χ2n) is 47.2. The summed E-state index contributed by atoms with van der Waals surface area (Å²) in [7, 11) is 19.8. The van der Waals surface area contributed by atoms with Gasteiger partial charge in [0.05, 0.1) is 19.2 Å². The van der Waals surface area contributed by atoms with Crippen LogP contribution in [-0.2, 0) is 57.5 Å². The van der Waals surface area contributed by atoms with E-state index in [1.54, 1.807) is 77.8 Å². The van der Waals surface area contributed by atoms with Gasteiger partial charge >= 0.3 is 0 Å². The monoisotopic (exact) mass is 1780 g/mol. The maximum absolute atomic E-state index is 11.5. The van der Waals surface area contributed by atoms with Crippen LogP contribution in [0.5, 0.6) is 0 Å². The summed E-state index contributed by atoms with van der Waals surface area (Å²) in [5.41, 5.74) is 1.07. The van der Waals surface area contributed by atoms with E-state index in [-0.39, 0.29) is 125 Å². The van der Waals surface area contributed by atoms with Crippen LogP contribution in [0, 0.1) is 71.9 Å². The summed E-state index contributed by atoms with van der Waals surface area (Å²) in [5.74, 6) is 4.51. The summed E-state index contributed by atoms with van der Waals surface area (Å²) in [6.45, 7) is 87.3. The first kappa shape index (κ1) is 136. The average Bonchev–Trinajstić information content (AvgIpc) is 0.863. The van der Waals surface area contributed by atoms with E-state index < -0.39 is 0 Å². The van der Waals surface area contributed by atoms with Gasteiger partial charge in [-0.3, -0.25) is 52.7 Å². The molecular weight excluding hydrogens is 1570 g/mol. The number of carbonyl (C=O) groups is 11. The third-order valence-electron chi connectivity index (χ3n) is 17.0. The van der Waals surface area contributed by atoms with Crippen molar-refractivity contribution in [2.45, 2.75) is 365 Å². The lowest BCUT2D eigenvalue weighted by atomic mass is 9.89. The molecule has 0 aromatic heterocycles. The van der Waals surface area contributed by atoms with Crippen LogP contribution in [-0.4, -0.2) is 259 Å². The number of hydrogen-bond donors (Lipinski definition) is 4.